The van der Waals surface area contributed by atoms with E-state index < -0.39 is 10.1 Å². The standard InChI is InChI=1S/C3H6O3S.K/c1-3(2)7(4,5)6;/h1H2,2H3,(H,4,5,6);. The first-order valence-corrected chi connectivity index (χ1v) is 3.01. The second kappa shape index (κ2) is 4.16. The van der Waals surface area contributed by atoms with Crippen molar-refractivity contribution in [3.8, 4) is 0 Å². The Morgan fingerprint density at radius 3 is 1.75 bits per heavy atom. The van der Waals surface area contributed by atoms with Gasteiger partial charge in [0.25, 0.3) is 10.1 Å². The molecule has 3 nitrogen and oxygen atoms in total. The van der Waals surface area contributed by atoms with E-state index in [1.165, 1.54) is 6.92 Å². The molecule has 8 heavy (non-hydrogen) atoms. The van der Waals surface area contributed by atoms with E-state index in [1.807, 2.05) is 0 Å². The molecule has 0 saturated carbocycles. The van der Waals surface area contributed by atoms with Crippen LogP contribution in [0.1, 0.15) is 6.92 Å². The van der Waals surface area contributed by atoms with Crippen molar-refractivity contribution >= 4 is 61.5 Å². The SMILES string of the molecule is C=C(C)S(=O)(=O)O.[K]. The van der Waals surface area contributed by atoms with Gasteiger partial charge in [-0.15, -0.1) is 0 Å². The molecule has 0 spiro atoms. The Kier molecular flexibility index (Phi) is 6.24. The van der Waals surface area contributed by atoms with Gasteiger partial charge >= 0.3 is 0 Å². The van der Waals surface area contributed by atoms with E-state index in [0.29, 0.717) is 0 Å². The van der Waals surface area contributed by atoms with E-state index in [4.69, 9.17) is 4.55 Å². The van der Waals surface area contributed by atoms with Crippen molar-refractivity contribution in [2.45, 2.75) is 6.92 Å². The number of allylic oxidation sites excluding steroid dienone is 1. The van der Waals surface area contributed by atoms with Crippen LogP contribution in [0.2, 0.25) is 0 Å². The number of hydrogen-bond acceptors (Lipinski definition) is 2. The van der Waals surface area contributed by atoms with Gasteiger partial charge in [0.05, 0.1) is 4.91 Å². The molecule has 43 valence electrons. The van der Waals surface area contributed by atoms with Crippen LogP contribution in [0.4, 0.5) is 0 Å². The molecular formula is C3H6KO3S. The Morgan fingerprint density at radius 2 is 1.75 bits per heavy atom. The van der Waals surface area contributed by atoms with E-state index in [9.17, 15) is 8.42 Å². The molecule has 0 amide bonds. The second-order valence-electron chi connectivity index (χ2n) is 1.18. The molecule has 1 N–H and O–H groups in total. The Morgan fingerprint density at radius 1 is 1.62 bits per heavy atom. The number of rotatable bonds is 1. The fraction of sp³-hybridized carbons (Fsp3) is 0.333. The molecule has 0 aromatic rings. The summed E-state index contributed by atoms with van der Waals surface area (Å²) in [5, 5.41) is 0. The summed E-state index contributed by atoms with van der Waals surface area (Å²) in [5.41, 5.74) is 0. The summed E-state index contributed by atoms with van der Waals surface area (Å²) in [4.78, 5) is -0.229. The van der Waals surface area contributed by atoms with Crippen LogP contribution in [0.15, 0.2) is 11.5 Å². The van der Waals surface area contributed by atoms with Crippen LogP contribution in [0.5, 0.6) is 0 Å². The van der Waals surface area contributed by atoms with Gasteiger partial charge in [0.15, 0.2) is 0 Å². The summed E-state index contributed by atoms with van der Waals surface area (Å²) in [5.74, 6) is 0. The molecule has 1 radical (unpaired) electrons. The largest absolute Gasteiger partial charge is 0.289 e. The van der Waals surface area contributed by atoms with E-state index >= 15 is 0 Å². The summed E-state index contributed by atoms with van der Waals surface area (Å²) in [6, 6.07) is 0. The first-order valence-electron chi connectivity index (χ1n) is 1.57. The van der Waals surface area contributed by atoms with Crippen molar-refractivity contribution < 1.29 is 13.0 Å². The molecular weight excluding hydrogens is 155 g/mol. The average molecular weight is 161 g/mol. The predicted molar refractivity (Wildman–Crippen MR) is 32.1 cm³/mol. The minimum Gasteiger partial charge on any atom is -0.282 e. The summed E-state index contributed by atoms with van der Waals surface area (Å²) in [6.07, 6.45) is 0. The molecule has 0 aromatic carbocycles. The van der Waals surface area contributed by atoms with Gasteiger partial charge in [-0.2, -0.15) is 8.42 Å². The van der Waals surface area contributed by atoms with E-state index in [0.717, 1.165) is 0 Å². The van der Waals surface area contributed by atoms with Crippen molar-refractivity contribution in [1.82, 2.24) is 0 Å². The summed E-state index contributed by atoms with van der Waals surface area (Å²) < 4.78 is 27.5. The summed E-state index contributed by atoms with van der Waals surface area (Å²) in [7, 11) is -3.94. The Labute approximate surface area is 91.3 Å². The predicted octanol–water partition coefficient (Wildman–Crippen LogP) is 0.0270. The molecule has 0 atom stereocenters. The molecule has 0 fully saturated rings. The zero-order valence-corrected chi connectivity index (χ0v) is 8.82. The van der Waals surface area contributed by atoms with Gasteiger partial charge in [0, 0.05) is 51.4 Å². The van der Waals surface area contributed by atoms with Crippen LogP contribution in [0.25, 0.3) is 0 Å². The van der Waals surface area contributed by atoms with Gasteiger partial charge in [-0.25, -0.2) is 0 Å². The van der Waals surface area contributed by atoms with Crippen LogP contribution in [-0.4, -0.2) is 64.4 Å². The monoisotopic (exact) mass is 161 g/mol. The maximum Gasteiger partial charge on any atom is 0.289 e. The molecule has 5 heteroatoms. The summed E-state index contributed by atoms with van der Waals surface area (Å²) >= 11 is 0. The molecule has 0 unspecified atom stereocenters. The smallest absolute Gasteiger partial charge is 0.282 e. The Bertz CT molecular complexity index is 169. The van der Waals surface area contributed by atoms with Gasteiger partial charge in [0.2, 0.25) is 0 Å². The third-order valence-corrected chi connectivity index (χ3v) is 1.32. The van der Waals surface area contributed by atoms with Crippen LogP contribution in [0.3, 0.4) is 0 Å². The molecule has 0 aliphatic rings. The molecule has 0 bridgehead atoms. The molecule has 0 aromatic heterocycles. The van der Waals surface area contributed by atoms with Crippen molar-refractivity contribution in [1.29, 1.82) is 0 Å². The normalized spacial score (nSPS) is 9.75. The molecule has 0 rings (SSSR count). The zero-order chi connectivity index (χ0) is 6.08. The molecule has 0 saturated heterocycles. The maximum absolute atomic E-state index is 9.79. The van der Waals surface area contributed by atoms with Crippen LogP contribution >= 0.6 is 0 Å². The second-order valence-corrected chi connectivity index (χ2v) is 2.82. The summed E-state index contributed by atoms with van der Waals surface area (Å²) in [6.45, 7) is 4.21. The van der Waals surface area contributed by atoms with E-state index in [2.05, 4.69) is 6.58 Å². The minimum absolute atomic E-state index is 0. The van der Waals surface area contributed by atoms with Crippen molar-refractivity contribution in [3.05, 3.63) is 11.5 Å². The first kappa shape index (κ1) is 12.0. The molecule has 0 aliphatic carbocycles. The van der Waals surface area contributed by atoms with Gasteiger partial charge in [-0.1, -0.05) is 6.58 Å². The third kappa shape index (κ3) is 5.42. The van der Waals surface area contributed by atoms with Gasteiger partial charge in [0.1, 0.15) is 0 Å². The maximum atomic E-state index is 9.79. The first-order chi connectivity index (χ1) is 2.94. The zero-order valence-electron chi connectivity index (χ0n) is 4.88. The molecule has 0 aliphatic heterocycles. The Hall–Kier alpha value is 1.29. The fourth-order valence-corrected chi connectivity index (χ4v) is 0. The van der Waals surface area contributed by atoms with Crippen LogP contribution < -0.4 is 0 Å². The van der Waals surface area contributed by atoms with Gasteiger partial charge in [-0.3, -0.25) is 4.55 Å². The topological polar surface area (TPSA) is 54.4 Å². The van der Waals surface area contributed by atoms with Crippen molar-refractivity contribution in [2.24, 2.45) is 0 Å². The third-order valence-electron chi connectivity index (χ3n) is 0.440. The minimum atomic E-state index is -3.94. The van der Waals surface area contributed by atoms with Crippen molar-refractivity contribution in [3.63, 3.8) is 0 Å². The van der Waals surface area contributed by atoms with Gasteiger partial charge < -0.3 is 0 Å². The van der Waals surface area contributed by atoms with Gasteiger partial charge in [-0.05, 0) is 6.92 Å². The molecule has 0 heterocycles. The Balaban J connectivity index is 0. The average Bonchev–Trinajstić information content (AvgIpc) is 1.31. The quantitative estimate of drug-likeness (QED) is 0.436. The fourth-order valence-electron chi connectivity index (χ4n) is 0. The van der Waals surface area contributed by atoms with E-state index in [-0.39, 0.29) is 56.3 Å². The number of hydrogen-bond donors (Lipinski definition) is 1. The van der Waals surface area contributed by atoms with E-state index in [1.54, 1.807) is 0 Å². The van der Waals surface area contributed by atoms with Crippen LogP contribution in [-0.2, 0) is 10.1 Å². The van der Waals surface area contributed by atoms with Crippen molar-refractivity contribution in [2.75, 3.05) is 0 Å². The van der Waals surface area contributed by atoms with Crippen LogP contribution in [0, 0.1) is 0 Å².